The highest BCUT2D eigenvalue weighted by Gasteiger charge is 2.72. The maximum Gasteiger partial charge on any atom is 0.414 e. The van der Waals surface area contributed by atoms with Crippen molar-refractivity contribution in [3.63, 3.8) is 0 Å². The SMILES string of the molecule is CC(C)COC1(OCC(C)C)OCC(=O)[C@]2(CC[C@H]3[C@@H]4CCC5=CC(=O)C=C[C@]5(C)[C@H]4C(O)C[C@@]32C)O1. The third kappa shape index (κ3) is 4.20. The lowest BCUT2D eigenvalue weighted by Gasteiger charge is -2.61. The first-order chi connectivity index (χ1) is 17.4. The summed E-state index contributed by atoms with van der Waals surface area (Å²) in [5, 5.41) is 11.8. The Morgan fingerprint density at radius 3 is 2.41 bits per heavy atom. The van der Waals surface area contributed by atoms with Crippen LogP contribution >= 0.6 is 0 Å². The van der Waals surface area contributed by atoms with Gasteiger partial charge in [0.2, 0.25) is 0 Å². The highest BCUT2D eigenvalue weighted by molar-refractivity contribution is 6.01. The van der Waals surface area contributed by atoms with E-state index in [1.54, 1.807) is 12.2 Å². The van der Waals surface area contributed by atoms with Crippen molar-refractivity contribution in [1.82, 2.24) is 0 Å². The van der Waals surface area contributed by atoms with Gasteiger partial charge in [-0.2, -0.15) is 0 Å². The summed E-state index contributed by atoms with van der Waals surface area (Å²) in [5.74, 6) is 0.802. The Morgan fingerprint density at radius 2 is 1.76 bits per heavy atom. The fraction of sp³-hybridized carbons (Fsp3) is 0.800. The first kappa shape index (κ1) is 27.2. The van der Waals surface area contributed by atoms with Gasteiger partial charge >= 0.3 is 6.16 Å². The van der Waals surface area contributed by atoms with Crippen LogP contribution in [0.2, 0.25) is 0 Å². The molecule has 37 heavy (non-hydrogen) atoms. The number of Topliss-reactive ketones (excluding diaryl/α,β-unsaturated/α-hetero) is 1. The maximum atomic E-state index is 13.7. The molecule has 1 saturated heterocycles. The van der Waals surface area contributed by atoms with Crippen LogP contribution in [0, 0.1) is 40.4 Å². The Hall–Kier alpha value is -1.38. The standard InChI is InChI=1S/C30H44O7/c1-18(2)15-34-30(35-16-19(3)4)36-17-25(33)29(37-30)12-10-23-22-8-7-20-13-21(31)9-11-27(20,5)26(22)24(32)14-28(23,29)6/h9,11,13,18-19,22-24,26,32H,7-8,10,12,14-17H2,1-6H3/t22-,23-,24?,26+,27-,28-,29-/m0/s1. The van der Waals surface area contributed by atoms with Crippen molar-refractivity contribution in [2.75, 3.05) is 19.8 Å². The first-order valence-corrected chi connectivity index (χ1v) is 14.1. The quantitative estimate of drug-likeness (QED) is 0.517. The number of hydrogen-bond acceptors (Lipinski definition) is 7. The lowest BCUT2D eigenvalue weighted by molar-refractivity contribution is -0.532. The van der Waals surface area contributed by atoms with E-state index in [4.69, 9.17) is 18.9 Å². The predicted octanol–water partition coefficient (Wildman–Crippen LogP) is 4.58. The van der Waals surface area contributed by atoms with Crippen LogP contribution in [-0.2, 0) is 28.5 Å². The van der Waals surface area contributed by atoms with Crippen molar-refractivity contribution in [1.29, 1.82) is 0 Å². The highest BCUT2D eigenvalue weighted by atomic mass is 17.0. The topological polar surface area (TPSA) is 91.3 Å². The molecule has 0 aromatic rings. The van der Waals surface area contributed by atoms with E-state index >= 15 is 0 Å². The molecule has 0 amide bonds. The number of carbonyl (C=O) groups is 2. The van der Waals surface area contributed by atoms with Crippen LogP contribution in [0.25, 0.3) is 0 Å². The lowest BCUT2D eigenvalue weighted by atomic mass is 9.46. The molecule has 0 aromatic carbocycles. The van der Waals surface area contributed by atoms with Crippen LogP contribution < -0.4 is 0 Å². The van der Waals surface area contributed by atoms with Gasteiger partial charge in [-0.05, 0) is 67.9 Å². The van der Waals surface area contributed by atoms with E-state index in [-0.39, 0.29) is 53.2 Å². The van der Waals surface area contributed by atoms with Gasteiger partial charge in [-0.15, -0.1) is 0 Å². The second kappa shape index (κ2) is 9.37. The van der Waals surface area contributed by atoms with E-state index in [0.29, 0.717) is 26.1 Å². The molecular formula is C30H44O7. The Labute approximate surface area is 220 Å². The fourth-order valence-electron chi connectivity index (χ4n) is 8.23. The minimum Gasteiger partial charge on any atom is -0.393 e. The van der Waals surface area contributed by atoms with Gasteiger partial charge in [-0.1, -0.05) is 53.2 Å². The zero-order valence-electron chi connectivity index (χ0n) is 23.2. The number of rotatable bonds is 6. The normalized spacial score (nSPS) is 42.7. The summed E-state index contributed by atoms with van der Waals surface area (Å²) in [5.41, 5.74) is -0.963. The third-order valence-electron chi connectivity index (χ3n) is 9.93. The van der Waals surface area contributed by atoms with Crippen molar-refractivity contribution < 1.29 is 33.6 Å². The van der Waals surface area contributed by atoms with E-state index in [9.17, 15) is 14.7 Å². The molecule has 7 heteroatoms. The third-order valence-corrected chi connectivity index (χ3v) is 9.93. The van der Waals surface area contributed by atoms with Gasteiger partial charge < -0.3 is 14.6 Å². The summed E-state index contributed by atoms with van der Waals surface area (Å²) < 4.78 is 24.9. The van der Waals surface area contributed by atoms with E-state index < -0.39 is 23.3 Å². The zero-order valence-corrected chi connectivity index (χ0v) is 23.2. The maximum absolute atomic E-state index is 13.7. The number of ether oxygens (including phenoxy) is 4. The number of aliphatic hydroxyl groups is 1. The monoisotopic (exact) mass is 516 g/mol. The molecule has 5 aliphatic rings. The number of allylic oxidation sites excluding steroid dienone is 4. The lowest BCUT2D eigenvalue weighted by Crippen LogP contribution is -2.68. The summed E-state index contributed by atoms with van der Waals surface area (Å²) in [6.07, 6.45) is 6.62. The zero-order chi connectivity index (χ0) is 26.8. The van der Waals surface area contributed by atoms with E-state index in [1.807, 2.05) is 33.8 Å². The molecule has 1 unspecified atom stereocenters. The van der Waals surface area contributed by atoms with Crippen LogP contribution in [0.1, 0.15) is 73.6 Å². The number of ketones is 2. The summed E-state index contributed by atoms with van der Waals surface area (Å²) in [7, 11) is 0. The van der Waals surface area contributed by atoms with Crippen LogP contribution in [0.15, 0.2) is 23.8 Å². The van der Waals surface area contributed by atoms with Gasteiger partial charge in [0.05, 0.1) is 19.3 Å². The summed E-state index contributed by atoms with van der Waals surface area (Å²) in [6, 6.07) is 0. The molecule has 5 rings (SSSR count). The van der Waals surface area contributed by atoms with Crippen LogP contribution in [0.5, 0.6) is 0 Å². The van der Waals surface area contributed by atoms with E-state index in [2.05, 4.69) is 13.8 Å². The first-order valence-electron chi connectivity index (χ1n) is 14.1. The molecule has 1 N–H and O–H groups in total. The molecule has 4 aliphatic carbocycles. The average molecular weight is 517 g/mol. The number of hydrogen-bond donors (Lipinski definition) is 1. The molecule has 1 spiro atoms. The second-order valence-corrected chi connectivity index (χ2v) is 13.3. The smallest absolute Gasteiger partial charge is 0.393 e. The molecule has 3 saturated carbocycles. The van der Waals surface area contributed by atoms with Crippen molar-refractivity contribution in [3.05, 3.63) is 23.8 Å². The molecular weight excluding hydrogens is 472 g/mol. The Kier molecular flexibility index (Phi) is 6.89. The van der Waals surface area contributed by atoms with E-state index in [0.717, 1.165) is 24.8 Å². The molecule has 1 aliphatic heterocycles. The molecule has 1 heterocycles. The number of aliphatic hydroxyl groups excluding tert-OH is 1. The van der Waals surface area contributed by atoms with Crippen molar-refractivity contribution in [3.8, 4) is 0 Å². The molecule has 7 atom stereocenters. The van der Waals surface area contributed by atoms with Gasteiger partial charge in [0.1, 0.15) is 12.2 Å². The summed E-state index contributed by atoms with van der Waals surface area (Å²) in [4.78, 5) is 25.8. The molecule has 7 nitrogen and oxygen atoms in total. The van der Waals surface area contributed by atoms with Gasteiger partial charge in [-0.25, -0.2) is 0 Å². The number of carbonyl (C=O) groups excluding carboxylic acids is 2. The molecule has 206 valence electrons. The average Bonchev–Trinajstić information content (AvgIpc) is 3.11. The largest absolute Gasteiger partial charge is 0.414 e. The Morgan fingerprint density at radius 1 is 1.08 bits per heavy atom. The van der Waals surface area contributed by atoms with E-state index in [1.165, 1.54) is 0 Å². The summed E-state index contributed by atoms with van der Waals surface area (Å²) >= 11 is 0. The van der Waals surface area contributed by atoms with Gasteiger partial charge in [0.15, 0.2) is 11.6 Å². The van der Waals surface area contributed by atoms with Gasteiger partial charge in [0.25, 0.3) is 0 Å². The minimum atomic E-state index is -1.73. The molecule has 0 bridgehead atoms. The van der Waals surface area contributed by atoms with Crippen LogP contribution in [0.4, 0.5) is 0 Å². The highest BCUT2D eigenvalue weighted by Crippen LogP contribution is 2.68. The van der Waals surface area contributed by atoms with Crippen LogP contribution in [-0.4, -0.2) is 54.4 Å². The predicted molar refractivity (Wildman–Crippen MR) is 137 cm³/mol. The molecule has 0 radical (unpaired) electrons. The van der Waals surface area contributed by atoms with Gasteiger partial charge in [-0.3, -0.25) is 19.1 Å². The molecule has 4 fully saturated rings. The van der Waals surface area contributed by atoms with Crippen LogP contribution in [0.3, 0.4) is 0 Å². The molecule has 0 aromatic heterocycles. The second-order valence-electron chi connectivity index (χ2n) is 13.3. The summed E-state index contributed by atoms with van der Waals surface area (Å²) in [6.45, 7) is 13.1. The number of fused-ring (bicyclic) bond motifs is 6. The van der Waals surface area contributed by atoms with Crippen molar-refractivity contribution in [2.45, 2.75) is 91.5 Å². The van der Waals surface area contributed by atoms with Crippen molar-refractivity contribution >= 4 is 11.6 Å². The van der Waals surface area contributed by atoms with Crippen molar-refractivity contribution in [2.24, 2.45) is 40.4 Å². The van der Waals surface area contributed by atoms with Gasteiger partial charge in [0, 0.05) is 16.7 Å². The Balaban J connectivity index is 1.49. The fourth-order valence-corrected chi connectivity index (χ4v) is 8.23. The minimum absolute atomic E-state index is 0.000781. The Bertz CT molecular complexity index is 986.